The molecule has 2 fully saturated rings. The first-order valence-electron chi connectivity index (χ1n) is 11.9. The molecule has 4 aromatic rings. The van der Waals surface area contributed by atoms with E-state index in [2.05, 4.69) is 40.1 Å². The summed E-state index contributed by atoms with van der Waals surface area (Å²) in [5.41, 5.74) is 3.64. The number of aromatic nitrogens is 5. The first-order chi connectivity index (χ1) is 16.6. The van der Waals surface area contributed by atoms with Crippen molar-refractivity contribution in [1.82, 2.24) is 24.6 Å². The molecule has 1 N–H and O–H groups in total. The van der Waals surface area contributed by atoms with Crippen molar-refractivity contribution >= 4 is 33.8 Å². The number of nitrogens with one attached hydrogen (secondary N) is 1. The lowest BCUT2D eigenvalue weighted by molar-refractivity contribution is -0.117. The van der Waals surface area contributed by atoms with Crippen molar-refractivity contribution in [2.24, 2.45) is 11.8 Å². The van der Waals surface area contributed by atoms with Crippen molar-refractivity contribution in [3.8, 4) is 11.4 Å². The number of anilines is 2. The number of carbonyl (C=O) groups is 1. The maximum atomic E-state index is 12.5. The number of nitrogens with zero attached hydrogens (tertiary/aromatic N) is 6. The topological polar surface area (TPSA) is 97.5 Å². The lowest BCUT2D eigenvalue weighted by Crippen LogP contribution is -2.36. The number of morpholine rings is 1. The third kappa shape index (κ3) is 3.75. The van der Waals surface area contributed by atoms with Crippen LogP contribution in [0.5, 0.6) is 0 Å². The minimum Gasteiger partial charge on any atom is -0.378 e. The first kappa shape index (κ1) is 21.0. The van der Waals surface area contributed by atoms with E-state index >= 15 is 0 Å². The van der Waals surface area contributed by atoms with E-state index in [1.807, 2.05) is 29.0 Å². The molecule has 0 aromatic carbocycles. The normalized spacial score (nSPS) is 20.1. The predicted molar refractivity (Wildman–Crippen MR) is 130 cm³/mol. The van der Waals surface area contributed by atoms with E-state index in [4.69, 9.17) is 14.8 Å². The Morgan fingerprint density at radius 3 is 2.76 bits per heavy atom. The van der Waals surface area contributed by atoms with Gasteiger partial charge in [-0.25, -0.2) is 14.5 Å². The predicted octanol–water partition coefficient (Wildman–Crippen LogP) is 3.33. The fourth-order valence-corrected chi connectivity index (χ4v) is 4.62. The van der Waals surface area contributed by atoms with E-state index in [-0.39, 0.29) is 11.8 Å². The van der Waals surface area contributed by atoms with Gasteiger partial charge in [-0.15, -0.1) is 5.10 Å². The van der Waals surface area contributed by atoms with E-state index in [9.17, 15) is 4.79 Å². The third-order valence-corrected chi connectivity index (χ3v) is 6.82. The highest BCUT2D eigenvalue weighted by Gasteiger charge is 2.39. The quantitative estimate of drug-likeness (QED) is 0.491. The van der Waals surface area contributed by atoms with Gasteiger partial charge in [-0.1, -0.05) is 13.8 Å². The van der Waals surface area contributed by atoms with Gasteiger partial charge in [0.2, 0.25) is 5.91 Å². The smallest absolute Gasteiger partial charge is 0.228 e. The van der Waals surface area contributed by atoms with Crippen LogP contribution in [0.4, 0.5) is 11.5 Å². The minimum absolute atomic E-state index is 0.0344. The van der Waals surface area contributed by atoms with Crippen LogP contribution in [0.2, 0.25) is 0 Å². The molecule has 5 heterocycles. The summed E-state index contributed by atoms with van der Waals surface area (Å²) >= 11 is 0. The van der Waals surface area contributed by atoms with Crippen LogP contribution in [-0.2, 0) is 16.0 Å². The minimum atomic E-state index is 0.0344. The van der Waals surface area contributed by atoms with Gasteiger partial charge >= 0.3 is 0 Å². The summed E-state index contributed by atoms with van der Waals surface area (Å²) in [6.07, 6.45) is 7.35. The monoisotopic (exact) mass is 457 g/mol. The van der Waals surface area contributed by atoms with Crippen LogP contribution in [-0.4, -0.2) is 56.8 Å². The number of aryl methyl sites for hydroxylation is 1. The zero-order valence-corrected chi connectivity index (χ0v) is 19.4. The Balaban J connectivity index is 1.40. The van der Waals surface area contributed by atoms with Gasteiger partial charge in [0.05, 0.1) is 25.1 Å². The van der Waals surface area contributed by atoms with Gasteiger partial charge in [-0.2, -0.15) is 0 Å². The van der Waals surface area contributed by atoms with Crippen molar-refractivity contribution in [2.75, 3.05) is 36.5 Å². The van der Waals surface area contributed by atoms with Gasteiger partial charge in [0.15, 0.2) is 11.5 Å². The number of hydrogen-bond donors (Lipinski definition) is 1. The van der Waals surface area contributed by atoms with E-state index in [0.29, 0.717) is 17.6 Å². The molecule has 2 atom stereocenters. The first-order valence-corrected chi connectivity index (χ1v) is 11.9. The van der Waals surface area contributed by atoms with Crippen LogP contribution in [0.3, 0.4) is 0 Å². The highest BCUT2D eigenvalue weighted by atomic mass is 16.5. The molecule has 1 saturated heterocycles. The molecule has 1 saturated carbocycles. The van der Waals surface area contributed by atoms with Crippen LogP contribution in [0, 0.1) is 11.8 Å². The molecular formula is C25H27N7O2. The zero-order valence-electron chi connectivity index (χ0n) is 19.4. The molecule has 0 bridgehead atoms. The van der Waals surface area contributed by atoms with E-state index < -0.39 is 0 Å². The molecule has 0 spiro atoms. The summed E-state index contributed by atoms with van der Waals surface area (Å²) in [6, 6.07) is 5.98. The second-order valence-electron chi connectivity index (χ2n) is 9.12. The maximum Gasteiger partial charge on any atom is 0.228 e. The molecule has 9 nitrogen and oxygen atoms in total. The third-order valence-electron chi connectivity index (χ3n) is 6.82. The van der Waals surface area contributed by atoms with Gasteiger partial charge < -0.3 is 15.0 Å². The van der Waals surface area contributed by atoms with E-state index in [1.165, 1.54) is 0 Å². The highest BCUT2D eigenvalue weighted by molar-refractivity contribution is 6.00. The van der Waals surface area contributed by atoms with Crippen molar-refractivity contribution in [3.63, 3.8) is 0 Å². The zero-order chi connectivity index (χ0) is 23.2. The molecule has 34 heavy (non-hydrogen) atoms. The Hall–Kier alpha value is -3.59. The number of pyridine rings is 3. The SMILES string of the molecule is CCc1ncc(-c2nc3ccc(N4CCOCC4)cn3n2)c2cc(NC(=O)[C@H]3C[C@H]3C)ncc12. The van der Waals surface area contributed by atoms with Crippen LogP contribution >= 0.6 is 0 Å². The second-order valence-corrected chi connectivity index (χ2v) is 9.12. The average Bonchev–Trinajstić information content (AvgIpc) is 3.45. The number of rotatable bonds is 5. The Bertz CT molecular complexity index is 1390. The summed E-state index contributed by atoms with van der Waals surface area (Å²) in [5, 5.41) is 9.65. The molecule has 9 heteroatoms. The van der Waals surface area contributed by atoms with Crippen LogP contribution in [0.25, 0.3) is 27.8 Å². The number of ether oxygens (including phenoxy) is 1. The van der Waals surface area contributed by atoms with Crippen LogP contribution < -0.4 is 10.2 Å². The van der Waals surface area contributed by atoms with E-state index in [1.54, 1.807) is 6.20 Å². The lowest BCUT2D eigenvalue weighted by Gasteiger charge is -2.28. The molecule has 1 amide bonds. The summed E-state index contributed by atoms with van der Waals surface area (Å²) in [5.74, 6) is 1.70. The molecule has 4 aromatic heterocycles. The Morgan fingerprint density at radius 1 is 1.18 bits per heavy atom. The maximum absolute atomic E-state index is 12.5. The van der Waals surface area contributed by atoms with E-state index in [0.717, 1.165) is 72.5 Å². The Labute approximate surface area is 197 Å². The summed E-state index contributed by atoms with van der Waals surface area (Å²) < 4.78 is 7.29. The van der Waals surface area contributed by atoms with Crippen molar-refractivity contribution in [3.05, 3.63) is 42.5 Å². The molecular weight excluding hydrogens is 430 g/mol. The fraction of sp³-hybridized carbons (Fsp3) is 0.400. The van der Waals surface area contributed by atoms with Gasteiger partial charge in [-0.05, 0) is 37.0 Å². The summed E-state index contributed by atoms with van der Waals surface area (Å²) in [6.45, 7) is 7.35. The van der Waals surface area contributed by atoms with Gasteiger partial charge in [-0.3, -0.25) is 9.78 Å². The van der Waals surface area contributed by atoms with Crippen LogP contribution in [0.15, 0.2) is 36.8 Å². The summed E-state index contributed by atoms with van der Waals surface area (Å²) in [4.78, 5) is 28.7. The number of fused-ring (bicyclic) bond motifs is 2. The molecule has 2 aliphatic rings. The molecule has 0 radical (unpaired) electrons. The van der Waals surface area contributed by atoms with Gasteiger partial charge in [0.1, 0.15) is 5.82 Å². The second kappa shape index (κ2) is 8.32. The van der Waals surface area contributed by atoms with Crippen molar-refractivity contribution in [2.45, 2.75) is 26.7 Å². The molecule has 6 rings (SSSR count). The Morgan fingerprint density at radius 2 is 2.00 bits per heavy atom. The lowest BCUT2D eigenvalue weighted by atomic mass is 10.1. The molecule has 0 unspecified atom stereocenters. The van der Waals surface area contributed by atoms with Gasteiger partial charge in [0, 0.05) is 53.4 Å². The standard InChI is InChI=1S/C25H27N7O2/c1-3-21-19-12-27-22(28-25(33)17-10-15(17)2)11-18(19)20(13-26-21)24-29-23-5-4-16(14-32(23)30-24)31-6-8-34-9-7-31/h4-5,11-15,17H,3,6-10H2,1-2H3,(H,27,28,33)/t15-,17+/m1/s1. The summed E-state index contributed by atoms with van der Waals surface area (Å²) in [7, 11) is 0. The van der Waals surface area contributed by atoms with Crippen molar-refractivity contribution in [1.29, 1.82) is 0 Å². The van der Waals surface area contributed by atoms with Crippen LogP contribution in [0.1, 0.15) is 26.0 Å². The van der Waals surface area contributed by atoms with Crippen molar-refractivity contribution < 1.29 is 9.53 Å². The average molecular weight is 458 g/mol. The van der Waals surface area contributed by atoms with Gasteiger partial charge in [0.25, 0.3) is 0 Å². The molecule has 174 valence electrons. The number of amides is 1. The Kier molecular flexibility index (Phi) is 5.13. The number of hydrogen-bond acceptors (Lipinski definition) is 7. The highest BCUT2D eigenvalue weighted by Crippen LogP contribution is 2.38. The fourth-order valence-electron chi connectivity index (χ4n) is 4.62. The number of carbonyl (C=O) groups excluding carboxylic acids is 1. The largest absolute Gasteiger partial charge is 0.378 e. The molecule has 1 aliphatic heterocycles. The molecule has 1 aliphatic carbocycles.